The average molecular weight is 446 g/mol. The smallest absolute Gasteiger partial charge is 0.285 e. The predicted octanol–water partition coefficient (Wildman–Crippen LogP) is 4.40. The standard InChI is InChI=1S/C21H23N3O4S2/c1-15-19(21(2,3)4)29-20(23(15)14-16-9-6-5-7-10-16)22-30(27,28)18-12-8-11-17(13-18)24(25)26/h5-13H,14H2,1-4H3/b22-20-. The summed E-state index contributed by atoms with van der Waals surface area (Å²) >= 11 is 1.33. The van der Waals surface area contributed by atoms with Crippen molar-refractivity contribution in [3.8, 4) is 0 Å². The molecule has 7 nitrogen and oxygen atoms in total. The minimum absolute atomic E-state index is 0.184. The van der Waals surface area contributed by atoms with Crippen LogP contribution in [0.4, 0.5) is 5.69 Å². The van der Waals surface area contributed by atoms with Gasteiger partial charge in [0.15, 0.2) is 0 Å². The lowest BCUT2D eigenvalue weighted by atomic mass is 9.93. The van der Waals surface area contributed by atoms with Crippen LogP contribution in [0.3, 0.4) is 0 Å². The van der Waals surface area contributed by atoms with E-state index < -0.39 is 14.9 Å². The molecule has 2 aromatic carbocycles. The van der Waals surface area contributed by atoms with Gasteiger partial charge in [0.1, 0.15) is 0 Å². The summed E-state index contributed by atoms with van der Waals surface area (Å²) in [6.07, 6.45) is 0. The quantitative estimate of drug-likeness (QED) is 0.430. The van der Waals surface area contributed by atoms with Crippen molar-refractivity contribution in [2.45, 2.75) is 44.6 Å². The second kappa shape index (κ2) is 8.16. The summed E-state index contributed by atoms with van der Waals surface area (Å²) in [7, 11) is -4.12. The predicted molar refractivity (Wildman–Crippen MR) is 117 cm³/mol. The Hall–Kier alpha value is -2.78. The zero-order chi connectivity index (χ0) is 22.1. The number of nitro benzene ring substituents is 1. The first-order valence-corrected chi connectivity index (χ1v) is 11.5. The maximum Gasteiger partial charge on any atom is 0.285 e. The van der Waals surface area contributed by atoms with Crippen LogP contribution in [0, 0.1) is 17.0 Å². The summed E-state index contributed by atoms with van der Waals surface area (Å²) in [5.41, 5.74) is 1.49. The van der Waals surface area contributed by atoms with E-state index in [9.17, 15) is 18.5 Å². The zero-order valence-electron chi connectivity index (χ0n) is 17.2. The highest BCUT2D eigenvalue weighted by Gasteiger charge is 2.24. The van der Waals surface area contributed by atoms with Crippen LogP contribution in [0.25, 0.3) is 0 Å². The SMILES string of the molecule is Cc1c(C(C)(C)C)s/c(=N\S(=O)(=O)c2cccc([N+](=O)[O-])c2)n1Cc1ccccc1. The number of non-ortho nitro benzene ring substituents is 1. The first-order chi connectivity index (χ1) is 14.0. The second-order valence-corrected chi connectivity index (χ2v) is 10.5. The van der Waals surface area contributed by atoms with E-state index in [2.05, 4.69) is 25.2 Å². The van der Waals surface area contributed by atoms with Crippen molar-refractivity contribution in [3.05, 3.63) is 85.6 Å². The van der Waals surface area contributed by atoms with Gasteiger partial charge in [0.25, 0.3) is 15.7 Å². The fourth-order valence-corrected chi connectivity index (χ4v) is 5.55. The molecular formula is C21H23N3O4S2. The molecule has 0 amide bonds. The van der Waals surface area contributed by atoms with Crippen molar-refractivity contribution >= 4 is 27.0 Å². The number of benzene rings is 2. The third kappa shape index (κ3) is 4.68. The van der Waals surface area contributed by atoms with E-state index in [4.69, 9.17) is 0 Å². The third-order valence-corrected chi connectivity index (χ3v) is 7.53. The first kappa shape index (κ1) is 21.9. The fourth-order valence-electron chi connectivity index (χ4n) is 3.12. The lowest BCUT2D eigenvalue weighted by molar-refractivity contribution is -0.385. The Morgan fingerprint density at radius 3 is 2.37 bits per heavy atom. The molecule has 3 aromatic rings. The Bertz CT molecular complexity index is 1250. The van der Waals surface area contributed by atoms with E-state index in [1.165, 1.54) is 29.5 Å². The van der Waals surface area contributed by atoms with Gasteiger partial charge in [0.05, 0.1) is 16.4 Å². The minimum atomic E-state index is -4.12. The molecule has 0 N–H and O–H groups in total. The van der Waals surface area contributed by atoms with Crippen molar-refractivity contribution in [1.29, 1.82) is 0 Å². The summed E-state index contributed by atoms with van der Waals surface area (Å²) < 4.78 is 31.9. The van der Waals surface area contributed by atoms with Gasteiger partial charge in [-0.1, -0.05) is 57.2 Å². The monoisotopic (exact) mass is 445 g/mol. The van der Waals surface area contributed by atoms with Crippen LogP contribution in [0.15, 0.2) is 63.9 Å². The van der Waals surface area contributed by atoms with Crippen LogP contribution in [-0.2, 0) is 22.0 Å². The van der Waals surface area contributed by atoms with E-state index in [1.54, 1.807) is 0 Å². The first-order valence-electron chi connectivity index (χ1n) is 9.29. The topological polar surface area (TPSA) is 94.6 Å². The highest BCUT2D eigenvalue weighted by atomic mass is 32.2. The molecule has 0 aliphatic heterocycles. The molecule has 1 aromatic heterocycles. The molecule has 3 rings (SSSR count). The van der Waals surface area contributed by atoms with Crippen LogP contribution in [0.2, 0.25) is 0 Å². The van der Waals surface area contributed by atoms with Crippen LogP contribution >= 0.6 is 11.3 Å². The van der Waals surface area contributed by atoms with E-state index in [-0.39, 0.29) is 16.0 Å². The number of sulfonamides is 1. The van der Waals surface area contributed by atoms with Crippen LogP contribution in [0.1, 0.15) is 36.9 Å². The molecule has 0 bridgehead atoms. The number of hydrogen-bond donors (Lipinski definition) is 0. The molecular weight excluding hydrogens is 422 g/mol. The Balaban J connectivity index is 2.19. The number of aromatic nitrogens is 1. The van der Waals surface area contributed by atoms with Gasteiger partial charge in [0.2, 0.25) is 4.80 Å². The van der Waals surface area contributed by atoms with Crippen molar-refractivity contribution in [2.24, 2.45) is 4.40 Å². The molecule has 0 spiro atoms. The maximum atomic E-state index is 13.0. The molecule has 1 heterocycles. The third-order valence-electron chi connectivity index (χ3n) is 4.55. The fraction of sp³-hybridized carbons (Fsp3) is 0.286. The van der Waals surface area contributed by atoms with E-state index in [0.29, 0.717) is 11.3 Å². The van der Waals surface area contributed by atoms with E-state index in [1.807, 2.05) is 41.8 Å². The number of rotatable bonds is 5. The molecule has 158 valence electrons. The largest absolute Gasteiger partial charge is 0.316 e. The lowest BCUT2D eigenvalue weighted by Gasteiger charge is -2.17. The van der Waals surface area contributed by atoms with Crippen LogP contribution in [-0.4, -0.2) is 17.9 Å². The van der Waals surface area contributed by atoms with Crippen molar-refractivity contribution < 1.29 is 13.3 Å². The van der Waals surface area contributed by atoms with Crippen LogP contribution < -0.4 is 4.80 Å². The molecule has 0 atom stereocenters. The van der Waals surface area contributed by atoms with Gasteiger partial charge in [0, 0.05) is 22.7 Å². The molecule has 0 aliphatic rings. The summed E-state index contributed by atoms with van der Waals surface area (Å²) in [5.74, 6) is 0. The molecule has 30 heavy (non-hydrogen) atoms. The van der Waals surface area contributed by atoms with Crippen LogP contribution in [0.5, 0.6) is 0 Å². The normalized spacial score (nSPS) is 12.9. The zero-order valence-corrected chi connectivity index (χ0v) is 18.8. The molecule has 0 fully saturated rings. The van der Waals surface area contributed by atoms with Gasteiger partial charge in [-0.2, -0.15) is 8.42 Å². The second-order valence-electron chi connectivity index (χ2n) is 7.94. The van der Waals surface area contributed by atoms with Gasteiger partial charge in [-0.3, -0.25) is 10.1 Å². The highest BCUT2D eigenvalue weighted by Crippen LogP contribution is 2.29. The molecule has 0 radical (unpaired) electrons. The van der Waals surface area contributed by atoms with Gasteiger partial charge in [-0.25, -0.2) is 0 Å². The van der Waals surface area contributed by atoms with Crippen molar-refractivity contribution in [1.82, 2.24) is 4.57 Å². The Morgan fingerprint density at radius 1 is 1.10 bits per heavy atom. The summed E-state index contributed by atoms with van der Waals surface area (Å²) in [5, 5.41) is 11.0. The van der Waals surface area contributed by atoms with Gasteiger partial charge >= 0.3 is 0 Å². The number of nitro groups is 1. The Morgan fingerprint density at radius 2 is 1.77 bits per heavy atom. The lowest BCUT2D eigenvalue weighted by Crippen LogP contribution is -2.19. The highest BCUT2D eigenvalue weighted by molar-refractivity contribution is 7.90. The van der Waals surface area contributed by atoms with E-state index in [0.717, 1.165) is 22.2 Å². The molecule has 0 saturated carbocycles. The Kier molecular flexibility index (Phi) is 5.96. The van der Waals surface area contributed by atoms with Gasteiger partial charge in [-0.05, 0) is 24.0 Å². The summed E-state index contributed by atoms with van der Waals surface area (Å²) in [4.78, 5) is 11.6. The summed E-state index contributed by atoms with van der Waals surface area (Å²) in [6.45, 7) is 8.63. The average Bonchev–Trinajstić information content (AvgIpc) is 2.98. The van der Waals surface area contributed by atoms with Gasteiger partial charge < -0.3 is 4.57 Å². The minimum Gasteiger partial charge on any atom is -0.316 e. The van der Waals surface area contributed by atoms with Gasteiger partial charge in [-0.15, -0.1) is 15.7 Å². The molecule has 0 unspecified atom stereocenters. The molecule has 0 aliphatic carbocycles. The maximum absolute atomic E-state index is 13.0. The molecule has 0 saturated heterocycles. The number of thiazole rings is 1. The van der Waals surface area contributed by atoms with E-state index >= 15 is 0 Å². The molecule has 9 heteroatoms. The van der Waals surface area contributed by atoms with Crippen molar-refractivity contribution in [2.75, 3.05) is 0 Å². The Labute approximate surface area is 179 Å². The number of nitrogens with zero attached hydrogens (tertiary/aromatic N) is 3. The summed E-state index contributed by atoms with van der Waals surface area (Å²) in [6, 6.07) is 14.7. The number of hydrogen-bond acceptors (Lipinski definition) is 5. The van der Waals surface area contributed by atoms with Crippen molar-refractivity contribution in [3.63, 3.8) is 0 Å².